The van der Waals surface area contributed by atoms with Crippen LogP contribution in [0.3, 0.4) is 0 Å². The van der Waals surface area contributed by atoms with E-state index >= 15 is 0 Å². The first-order valence-corrected chi connectivity index (χ1v) is 21.3. The molecular formula is C58H35N3O2. The van der Waals surface area contributed by atoms with Crippen molar-refractivity contribution in [1.82, 2.24) is 15.0 Å². The number of ether oxygens (including phenoxy) is 1. The van der Waals surface area contributed by atoms with Gasteiger partial charge in [0, 0.05) is 38.6 Å². The van der Waals surface area contributed by atoms with Gasteiger partial charge in [-0.1, -0.05) is 176 Å². The second-order valence-corrected chi connectivity index (χ2v) is 16.3. The highest BCUT2D eigenvalue weighted by Crippen LogP contribution is 2.62. The summed E-state index contributed by atoms with van der Waals surface area (Å²) in [6.45, 7) is 0. The van der Waals surface area contributed by atoms with Crippen molar-refractivity contribution in [2.45, 2.75) is 5.41 Å². The van der Waals surface area contributed by atoms with E-state index in [4.69, 9.17) is 24.1 Å². The number of hydrogen-bond donors (Lipinski definition) is 0. The quantitative estimate of drug-likeness (QED) is 0.173. The molecule has 1 aliphatic heterocycles. The highest BCUT2D eigenvalue weighted by atomic mass is 16.5. The average molecular weight is 806 g/mol. The van der Waals surface area contributed by atoms with E-state index in [-0.39, 0.29) is 0 Å². The van der Waals surface area contributed by atoms with Gasteiger partial charge >= 0.3 is 0 Å². The van der Waals surface area contributed by atoms with Crippen LogP contribution in [0.5, 0.6) is 11.5 Å². The summed E-state index contributed by atoms with van der Waals surface area (Å²) in [6.07, 6.45) is 0. The topological polar surface area (TPSA) is 61.0 Å². The zero-order valence-electron chi connectivity index (χ0n) is 33.9. The van der Waals surface area contributed by atoms with E-state index in [9.17, 15) is 0 Å². The Labute approximate surface area is 363 Å². The molecule has 9 aromatic carbocycles. The monoisotopic (exact) mass is 805 g/mol. The summed E-state index contributed by atoms with van der Waals surface area (Å²) in [5, 5.41) is 1.97. The molecule has 0 bridgehead atoms. The third-order valence-electron chi connectivity index (χ3n) is 12.8. The first-order chi connectivity index (χ1) is 31.2. The Balaban J connectivity index is 1.00. The lowest BCUT2D eigenvalue weighted by Crippen LogP contribution is -2.32. The average Bonchev–Trinajstić information content (AvgIpc) is 3.88. The fraction of sp³-hybridized carbons (Fsp3) is 0.0172. The van der Waals surface area contributed by atoms with Crippen molar-refractivity contribution >= 4 is 21.9 Å². The van der Waals surface area contributed by atoms with E-state index in [0.29, 0.717) is 17.5 Å². The predicted molar refractivity (Wildman–Crippen MR) is 252 cm³/mol. The van der Waals surface area contributed by atoms with Gasteiger partial charge in [0.25, 0.3) is 0 Å². The van der Waals surface area contributed by atoms with Crippen LogP contribution in [0.4, 0.5) is 0 Å². The normalized spacial score (nSPS) is 13.0. The number of para-hydroxylation sites is 2. The molecule has 0 radical (unpaired) electrons. The van der Waals surface area contributed by atoms with E-state index in [1.165, 1.54) is 33.4 Å². The van der Waals surface area contributed by atoms with Crippen molar-refractivity contribution < 1.29 is 9.15 Å². The van der Waals surface area contributed by atoms with Crippen molar-refractivity contribution in [3.8, 4) is 79.0 Å². The summed E-state index contributed by atoms with van der Waals surface area (Å²) in [5.74, 6) is 3.46. The molecule has 0 amide bonds. The van der Waals surface area contributed by atoms with Gasteiger partial charge in [-0.05, 0) is 80.9 Å². The van der Waals surface area contributed by atoms with Crippen LogP contribution < -0.4 is 4.74 Å². The minimum absolute atomic E-state index is 0.574. The molecule has 11 aromatic rings. The molecule has 5 heteroatoms. The summed E-state index contributed by atoms with van der Waals surface area (Å²) >= 11 is 0. The van der Waals surface area contributed by atoms with E-state index in [1.54, 1.807) is 0 Å². The number of fused-ring (bicyclic) bond motifs is 12. The first-order valence-electron chi connectivity index (χ1n) is 21.3. The molecule has 1 aliphatic carbocycles. The van der Waals surface area contributed by atoms with Crippen LogP contribution in [-0.2, 0) is 5.41 Å². The SMILES string of the molecule is c1ccc(-c2ccc(-c3ccc4oc5cccc(-c6nc(-c7ccccc7)nc(-c7ccc8c(c7)C7(c9ccccc9Oc9ccccc97)c7ccccc7-8)n6)c5c4c3)cc2)cc1. The molecule has 3 heterocycles. The second-order valence-electron chi connectivity index (χ2n) is 16.3. The van der Waals surface area contributed by atoms with E-state index in [1.807, 2.05) is 48.5 Å². The summed E-state index contributed by atoms with van der Waals surface area (Å²) in [6, 6.07) is 74.3. The van der Waals surface area contributed by atoms with Gasteiger partial charge in [-0.3, -0.25) is 0 Å². The standard InChI is InChI=1S/C58H35N3O2/c1-3-14-36(15-4-1)37-26-28-38(29-27-37)40-31-33-50-45(34-40)54-44(19-13-25-53(54)62-50)57-60-55(39-16-5-2-6-17-39)59-56(61-57)41-30-32-43-42-18-7-8-20-46(42)58(49(43)35-41)47-21-9-11-23-51(47)63-52-24-12-10-22-48(52)58/h1-35H. The summed E-state index contributed by atoms with van der Waals surface area (Å²) < 4.78 is 13.1. The van der Waals surface area contributed by atoms with Gasteiger partial charge in [-0.15, -0.1) is 0 Å². The minimum Gasteiger partial charge on any atom is -0.457 e. The number of aromatic nitrogens is 3. The zero-order valence-corrected chi connectivity index (χ0v) is 33.9. The van der Waals surface area contributed by atoms with Crippen molar-refractivity contribution in [3.05, 3.63) is 235 Å². The van der Waals surface area contributed by atoms with Crippen LogP contribution >= 0.6 is 0 Å². The fourth-order valence-electron chi connectivity index (χ4n) is 10.0. The predicted octanol–water partition coefficient (Wildman–Crippen LogP) is 14.6. The molecule has 0 fully saturated rings. The Morgan fingerprint density at radius 3 is 1.57 bits per heavy atom. The van der Waals surface area contributed by atoms with Crippen LogP contribution in [0.25, 0.3) is 89.5 Å². The number of benzene rings is 9. The number of nitrogens with zero attached hydrogens (tertiary/aromatic N) is 3. The first kappa shape index (κ1) is 35.4. The molecule has 0 unspecified atom stereocenters. The Morgan fingerprint density at radius 2 is 0.841 bits per heavy atom. The van der Waals surface area contributed by atoms with Gasteiger partial charge in [0.15, 0.2) is 17.5 Å². The molecule has 63 heavy (non-hydrogen) atoms. The molecule has 0 atom stereocenters. The molecule has 0 saturated heterocycles. The molecule has 2 aliphatic rings. The van der Waals surface area contributed by atoms with Crippen LogP contribution in [-0.4, -0.2) is 15.0 Å². The van der Waals surface area contributed by atoms with Gasteiger partial charge in [0.1, 0.15) is 22.7 Å². The molecule has 0 saturated carbocycles. The minimum atomic E-state index is -0.619. The lowest BCUT2D eigenvalue weighted by atomic mass is 9.66. The maximum absolute atomic E-state index is 6.61. The zero-order chi connectivity index (χ0) is 41.5. The second kappa shape index (κ2) is 13.8. The van der Waals surface area contributed by atoms with E-state index in [2.05, 4.69) is 164 Å². The molecule has 2 aromatic heterocycles. The fourth-order valence-corrected chi connectivity index (χ4v) is 10.0. The smallest absolute Gasteiger partial charge is 0.164 e. The van der Waals surface area contributed by atoms with Crippen molar-refractivity contribution in [2.75, 3.05) is 0 Å². The van der Waals surface area contributed by atoms with Gasteiger partial charge in [0.2, 0.25) is 0 Å². The van der Waals surface area contributed by atoms with Crippen LogP contribution in [0.15, 0.2) is 217 Å². The molecule has 13 rings (SSSR count). The highest BCUT2D eigenvalue weighted by Gasteiger charge is 2.51. The summed E-state index contributed by atoms with van der Waals surface area (Å²) in [5.41, 5.74) is 15.2. The van der Waals surface area contributed by atoms with Crippen LogP contribution in [0.1, 0.15) is 22.3 Å². The third kappa shape index (κ3) is 5.40. The van der Waals surface area contributed by atoms with Gasteiger partial charge in [-0.2, -0.15) is 0 Å². The van der Waals surface area contributed by atoms with Crippen molar-refractivity contribution in [3.63, 3.8) is 0 Å². The van der Waals surface area contributed by atoms with Crippen molar-refractivity contribution in [2.24, 2.45) is 0 Å². The maximum Gasteiger partial charge on any atom is 0.164 e. The number of hydrogen-bond acceptors (Lipinski definition) is 5. The molecular weight excluding hydrogens is 771 g/mol. The van der Waals surface area contributed by atoms with Crippen molar-refractivity contribution in [1.29, 1.82) is 0 Å². The maximum atomic E-state index is 6.61. The number of furan rings is 1. The molecule has 5 nitrogen and oxygen atoms in total. The van der Waals surface area contributed by atoms with Gasteiger partial charge < -0.3 is 9.15 Å². The van der Waals surface area contributed by atoms with E-state index in [0.717, 1.165) is 72.4 Å². The summed E-state index contributed by atoms with van der Waals surface area (Å²) in [7, 11) is 0. The van der Waals surface area contributed by atoms with Gasteiger partial charge in [0.05, 0.1) is 5.41 Å². The Hall–Kier alpha value is -8.41. The van der Waals surface area contributed by atoms with Gasteiger partial charge in [-0.25, -0.2) is 15.0 Å². The van der Waals surface area contributed by atoms with E-state index < -0.39 is 5.41 Å². The lowest BCUT2D eigenvalue weighted by molar-refractivity contribution is 0.436. The Bertz CT molecular complexity index is 3550. The largest absolute Gasteiger partial charge is 0.457 e. The number of rotatable bonds is 5. The summed E-state index contributed by atoms with van der Waals surface area (Å²) in [4.78, 5) is 15.8. The molecule has 1 spiro atoms. The molecule has 294 valence electrons. The Morgan fingerprint density at radius 1 is 0.317 bits per heavy atom. The molecule has 0 N–H and O–H groups in total. The lowest BCUT2D eigenvalue weighted by Gasteiger charge is -2.39. The van der Waals surface area contributed by atoms with Crippen LogP contribution in [0, 0.1) is 0 Å². The third-order valence-corrected chi connectivity index (χ3v) is 12.8. The highest BCUT2D eigenvalue weighted by molar-refractivity contribution is 6.12. The van der Waals surface area contributed by atoms with Crippen LogP contribution in [0.2, 0.25) is 0 Å². The Kier molecular flexibility index (Phi) is 7.75.